The first kappa shape index (κ1) is 55.6. The lowest BCUT2D eigenvalue weighted by Gasteiger charge is -2.18. The molecule has 6 nitrogen and oxygen atoms in total. The van der Waals surface area contributed by atoms with Gasteiger partial charge in [0.15, 0.2) is 6.10 Å². The van der Waals surface area contributed by atoms with Crippen LogP contribution in [0.1, 0.15) is 258 Å². The van der Waals surface area contributed by atoms with Gasteiger partial charge in [0.2, 0.25) is 0 Å². The highest BCUT2D eigenvalue weighted by molar-refractivity contribution is 5.71. The normalized spacial score (nSPS) is 12.3. The topological polar surface area (TPSA) is 78.9 Å². The minimum absolute atomic E-state index is 0.0804. The van der Waals surface area contributed by atoms with Gasteiger partial charge in [0, 0.05) is 19.3 Å². The van der Waals surface area contributed by atoms with Crippen LogP contribution in [0.4, 0.5) is 0 Å². The van der Waals surface area contributed by atoms with Crippen LogP contribution >= 0.6 is 0 Å². The van der Waals surface area contributed by atoms with E-state index in [9.17, 15) is 14.4 Å². The van der Waals surface area contributed by atoms with Gasteiger partial charge in [-0.25, -0.2) is 0 Å². The lowest BCUT2D eigenvalue weighted by Crippen LogP contribution is -2.30. The monoisotopic (exact) mass is 815 g/mol. The molecule has 0 aromatic carbocycles. The molecule has 0 aliphatic rings. The van der Waals surface area contributed by atoms with Gasteiger partial charge in [0.25, 0.3) is 0 Å². The summed E-state index contributed by atoms with van der Waals surface area (Å²) in [6.45, 7) is 6.56. The summed E-state index contributed by atoms with van der Waals surface area (Å²) < 4.78 is 16.7. The second-order valence-electron chi connectivity index (χ2n) is 16.8. The van der Waals surface area contributed by atoms with Crippen LogP contribution in [0, 0.1) is 0 Å². The summed E-state index contributed by atoms with van der Waals surface area (Å²) in [7, 11) is 0. The van der Waals surface area contributed by atoms with Crippen molar-refractivity contribution in [2.24, 2.45) is 0 Å². The van der Waals surface area contributed by atoms with Crippen LogP contribution in [0.25, 0.3) is 0 Å². The van der Waals surface area contributed by atoms with Crippen molar-refractivity contribution < 1.29 is 28.6 Å². The number of hydrogen-bond acceptors (Lipinski definition) is 6. The minimum Gasteiger partial charge on any atom is -0.462 e. The lowest BCUT2D eigenvalue weighted by atomic mass is 10.0. The molecule has 0 aliphatic carbocycles. The minimum atomic E-state index is -0.779. The van der Waals surface area contributed by atoms with E-state index in [0.717, 1.165) is 70.6 Å². The molecular formula is C52H94O6. The van der Waals surface area contributed by atoms with E-state index in [0.29, 0.717) is 19.3 Å². The fourth-order valence-corrected chi connectivity index (χ4v) is 7.06. The molecule has 6 heteroatoms. The number of unbranched alkanes of at least 4 members (excludes halogenated alkanes) is 29. The molecule has 0 N–H and O–H groups in total. The molecule has 0 heterocycles. The molecule has 338 valence electrons. The van der Waals surface area contributed by atoms with E-state index in [1.54, 1.807) is 0 Å². The molecule has 0 radical (unpaired) electrons. The van der Waals surface area contributed by atoms with E-state index < -0.39 is 6.10 Å². The van der Waals surface area contributed by atoms with Crippen LogP contribution in [0.5, 0.6) is 0 Å². The van der Waals surface area contributed by atoms with Crippen molar-refractivity contribution in [3.05, 3.63) is 36.5 Å². The molecule has 0 aromatic heterocycles. The maximum Gasteiger partial charge on any atom is 0.306 e. The molecule has 0 fully saturated rings. The Balaban J connectivity index is 4.35. The van der Waals surface area contributed by atoms with Gasteiger partial charge in [-0.3, -0.25) is 14.4 Å². The Kier molecular flexibility index (Phi) is 45.4. The van der Waals surface area contributed by atoms with Crippen molar-refractivity contribution in [2.75, 3.05) is 13.2 Å². The van der Waals surface area contributed by atoms with E-state index >= 15 is 0 Å². The number of esters is 3. The second-order valence-corrected chi connectivity index (χ2v) is 16.8. The van der Waals surface area contributed by atoms with E-state index in [4.69, 9.17) is 14.2 Å². The summed E-state index contributed by atoms with van der Waals surface area (Å²) in [5, 5.41) is 0. The lowest BCUT2D eigenvalue weighted by molar-refractivity contribution is -0.167. The van der Waals surface area contributed by atoms with Crippen LogP contribution in [-0.2, 0) is 28.6 Å². The summed E-state index contributed by atoms with van der Waals surface area (Å²) in [5.41, 5.74) is 0. The Morgan fingerprint density at radius 3 is 1.03 bits per heavy atom. The molecule has 1 unspecified atom stereocenters. The highest BCUT2D eigenvalue weighted by Gasteiger charge is 2.19. The van der Waals surface area contributed by atoms with E-state index in [2.05, 4.69) is 57.2 Å². The zero-order valence-electron chi connectivity index (χ0n) is 38.6. The van der Waals surface area contributed by atoms with Crippen molar-refractivity contribution >= 4 is 17.9 Å². The zero-order valence-corrected chi connectivity index (χ0v) is 38.6. The van der Waals surface area contributed by atoms with Crippen LogP contribution in [0.3, 0.4) is 0 Å². The number of ether oxygens (including phenoxy) is 3. The van der Waals surface area contributed by atoms with Gasteiger partial charge in [-0.05, 0) is 64.2 Å². The Labute approximate surface area is 359 Å². The number of rotatable bonds is 45. The van der Waals surface area contributed by atoms with Crippen LogP contribution in [-0.4, -0.2) is 37.2 Å². The highest BCUT2D eigenvalue weighted by atomic mass is 16.6. The molecule has 58 heavy (non-hydrogen) atoms. The van der Waals surface area contributed by atoms with E-state index in [1.165, 1.54) is 148 Å². The predicted molar refractivity (Wildman–Crippen MR) is 247 cm³/mol. The van der Waals surface area contributed by atoms with Gasteiger partial charge in [0.1, 0.15) is 13.2 Å². The average molecular weight is 815 g/mol. The average Bonchev–Trinajstić information content (AvgIpc) is 3.22. The highest BCUT2D eigenvalue weighted by Crippen LogP contribution is 2.15. The smallest absolute Gasteiger partial charge is 0.306 e. The van der Waals surface area contributed by atoms with Crippen LogP contribution in [0.15, 0.2) is 36.5 Å². The van der Waals surface area contributed by atoms with Gasteiger partial charge in [-0.15, -0.1) is 0 Å². The van der Waals surface area contributed by atoms with Gasteiger partial charge in [-0.1, -0.05) is 211 Å². The summed E-state index contributed by atoms with van der Waals surface area (Å²) in [4.78, 5) is 37.8. The Bertz CT molecular complexity index is 984. The van der Waals surface area contributed by atoms with Crippen LogP contribution < -0.4 is 0 Å². The Morgan fingerprint density at radius 2 is 0.638 bits per heavy atom. The van der Waals surface area contributed by atoms with Crippen molar-refractivity contribution in [3.8, 4) is 0 Å². The first-order valence-electron chi connectivity index (χ1n) is 25.0. The molecule has 1 atom stereocenters. The molecule has 0 saturated carbocycles. The van der Waals surface area contributed by atoms with Gasteiger partial charge >= 0.3 is 17.9 Å². The van der Waals surface area contributed by atoms with Crippen molar-refractivity contribution in [1.29, 1.82) is 0 Å². The number of allylic oxidation sites excluding steroid dienone is 6. The van der Waals surface area contributed by atoms with E-state index in [-0.39, 0.29) is 31.1 Å². The van der Waals surface area contributed by atoms with Gasteiger partial charge < -0.3 is 14.2 Å². The SMILES string of the molecule is CCCC/C=C\C=C/CCCCCC(=O)OCC(COC(=O)CCCCCCCCC/C=C\CCCCCCCC)OC(=O)CCCCCCCCCCCCCC. The van der Waals surface area contributed by atoms with Gasteiger partial charge in [0.05, 0.1) is 0 Å². The standard InChI is InChI=1S/C52H94O6/c1-4-7-10-13-16-19-22-24-25-26-27-28-31-33-36-39-42-45-51(54)57-48-49(47-56-50(53)44-41-38-35-32-29-21-18-15-12-9-6-3)58-52(55)46-43-40-37-34-30-23-20-17-14-11-8-5-2/h15,18,21,24-25,29,49H,4-14,16-17,19-20,22-23,26-28,30-48H2,1-3H3/b18-15-,25-24-,29-21-. The molecule has 0 aliphatic heterocycles. The Hall–Kier alpha value is -2.37. The third-order valence-corrected chi connectivity index (χ3v) is 10.9. The van der Waals surface area contributed by atoms with Crippen molar-refractivity contribution in [2.45, 2.75) is 264 Å². The second kappa shape index (κ2) is 47.3. The quantitative estimate of drug-likeness (QED) is 0.0200. The van der Waals surface area contributed by atoms with Crippen molar-refractivity contribution in [3.63, 3.8) is 0 Å². The summed E-state index contributed by atoms with van der Waals surface area (Å²) in [5.74, 6) is -0.907. The number of hydrogen-bond donors (Lipinski definition) is 0. The maximum absolute atomic E-state index is 12.7. The summed E-state index contributed by atoms with van der Waals surface area (Å²) >= 11 is 0. The molecule has 0 bridgehead atoms. The van der Waals surface area contributed by atoms with Gasteiger partial charge in [-0.2, -0.15) is 0 Å². The fourth-order valence-electron chi connectivity index (χ4n) is 7.06. The predicted octanol–water partition coefficient (Wildman–Crippen LogP) is 16.1. The third-order valence-electron chi connectivity index (χ3n) is 10.9. The third kappa shape index (κ3) is 44.7. The van der Waals surface area contributed by atoms with Crippen LogP contribution in [0.2, 0.25) is 0 Å². The number of carbonyl (C=O) groups excluding carboxylic acids is 3. The molecule has 0 aromatic rings. The summed E-state index contributed by atoms with van der Waals surface area (Å²) in [6, 6.07) is 0. The Morgan fingerprint density at radius 1 is 0.345 bits per heavy atom. The zero-order chi connectivity index (χ0) is 42.3. The molecule has 0 amide bonds. The molecule has 0 saturated heterocycles. The van der Waals surface area contributed by atoms with Crippen molar-refractivity contribution in [1.82, 2.24) is 0 Å². The first-order chi connectivity index (χ1) is 28.5. The maximum atomic E-state index is 12.7. The number of carbonyl (C=O) groups is 3. The molecule has 0 spiro atoms. The van der Waals surface area contributed by atoms with E-state index in [1.807, 2.05) is 0 Å². The largest absolute Gasteiger partial charge is 0.462 e. The first-order valence-corrected chi connectivity index (χ1v) is 25.0. The molecule has 0 rings (SSSR count). The fraction of sp³-hybridized carbons (Fsp3) is 0.827. The molecular weight excluding hydrogens is 721 g/mol. The summed E-state index contributed by atoms with van der Waals surface area (Å²) in [6.07, 6.45) is 54.1.